The summed E-state index contributed by atoms with van der Waals surface area (Å²) in [6.07, 6.45) is 1.56. The van der Waals surface area contributed by atoms with Gasteiger partial charge in [0.25, 0.3) is 5.91 Å². The molecule has 1 N–H and O–H groups in total. The number of rotatable bonds is 6. The fourth-order valence-electron chi connectivity index (χ4n) is 1.57. The number of nitrogens with one attached hydrogen (secondary N) is 1. The summed E-state index contributed by atoms with van der Waals surface area (Å²) in [5, 5.41) is 2.79. The standard InChI is InChI=1S/C15H15IN2O3/c1-20-8-9-21-14-7-6-13(10-17-14)18-15(19)11-2-4-12(16)5-3-11/h2-7,10H,8-9H2,1H3,(H,18,19). The molecule has 0 aliphatic heterocycles. The number of amides is 1. The van der Waals surface area contributed by atoms with Crippen LogP contribution < -0.4 is 10.1 Å². The highest BCUT2D eigenvalue weighted by molar-refractivity contribution is 14.1. The number of nitrogens with zero attached hydrogens (tertiary/aromatic N) is 1. The summed E-state index contributed by atoms with van der Waals surface area (Å²) in [7, 11) is 1.61. The zero-order chi connectivity index (χ0) is 15.1. The van der Waals surface area contributed by atoms with Gasteiger partial charge in [-0.25, -0.2) is 4.98 Å². The molecule has 1 heterocycles. The summed E-state index contributed by atoms with van der Waals surface area (Å²) in [6, 6.07) is 10.8. The van der Waals surface area contributed by atoms with Gasteiger partial charge in [-0.3, -0.25) is 4.79 Å². The van der Waals surface area contributed by atoms with Crippen LogP contribution in [0.4, 0.5) is 5.69 Å². The molecular weight excluding hydrogens is 383 g/mol. The lowest BCUT2D eigenvalue weighted by Gasteiger charge is -2.07. The van der Waals surface area contributed by atoms with Crippen LogP contribution in [-0.4, -0.2) is 31.2 Å². The molecule has 2 rings (SSSR count). The van der Waals surface area contributed by atoms with E-state index in [9.17, 15) is 4.79 Å². The van der Waals surface area contributed by atoms with Crippen molar-refractivity contribution in [3.05, 3.63) is 51.7 Å². The zero-order valence-corrected chi connectivity index (χ0v) is 13.7. The highest BCUT2D eigenvalue weighted by Gasteiger charge is 2.06. The van der Waals surface area contributed by atoms with Crippen molar-refractivity contribution >= 4 is 34.2 Å². The molecule has 5 nitrogen and oxygen atoms in total. The Balaban J connectivity index is 1.93. The minimum absolute atomic E-state index is 0.166. The monoisotopic (exact) mass is 398 g/mol. The molecule has 0 saturated carbocycles. The Bertz CT molecular complexity index is 585. The van der Waals surface area contributed by atoms with Crippen LogP contribution in [0, 0.1) is 3.57 Å². The van der Waals surface area contributed by atoms with Crippen LogP contribution >= 0.6 is 22.6 Å². The molecule has 6 heteroatoms. The van der Waals surface area contributed by atoms with Crippen molar-refractivity contribution in [2.24, 2.45) is 0 Å². The lowest BCUT2D eigenvalue weighted by molar-refractivity contribution is 0.102. The van der Waals surface area contributed by atoms with Gasteiger partial charge in [-0.1, -0.05) is 0 Å². The van der Waals surface area contributed by atoms with E-state index in [1.54, 1.807) is 37.6 Å². The quantitative estimate of drug-likeness (QED) is 0.601. The summed E-state index contributed by atoms with van der Waals surface area (Å²) in [6.45, 7) is 0.949. The first-order valence-electron chi connectivity index (χ1n) is 6.34. The maximum absolute atomic E-state index is 12.0. The average Bonchev–Trinajstić information content (AvgIpc) is 2.50. The third kappa shape index (κ3) is 4.98. The second-order valence-electron chi connectivity index (χ2n) is 4.19. The Hall–Kier alpha value is -1.67. The maximum atomic E-state index is 12.0. The van der Waals surface area contributed by atoms with Crippen molar-refractivity contribution in [1.29, 1.82) is 0 Å². The predicted octanol–water partition coefficient (Wildman–Crippen LogP) is 2.96. The Morgan fingerprint density at radius 1 is 1.19 bits per heavy atom. The van der Waals surface area contributed by atoms with Gasteiger partial charge in [-0.15, -0.1) is 0 Å². The van der Waals surface area contributed by atoms with Gasteiger partial charge in [0.05, 0.1) is 18.5 Å². The maximum Gasteiger partial charge on any atom is 0.255 e. The lowest BCUT2D eigenvalue weighted by atomic mass is 10.2. The number of methoxy groups -OCH3 is 1. The largest absolute Gasteiger partial charge is 0.475 e. The number of aromatic nitrogens is 1. The first kappa shape index (κ1) is 15.7. The van der Waals surface area contributed by atoms with Crippen molar-refractivity contribution < 1.29 is 14.3 Å². The number of pyridine rings is 1. The molecule has 0 aliphatic rings. The summed E-state index contributed by atoms with van der Waals surface area (Å²) in [5.74, 6) is 0.334. The minimum Gasteiger partial charge on any atom is -0.475 e. The molecule has 0 unspecified atom stereocenters. The average molecular weight is 398 g/mol. The normalized spacial score (nSPS) is 10.2. The van der Waals surface area contributed by atoms with E-state index in [-0.39, 0.29) is 5.91 Å². The third-order valence-corrected chi connectivity index (χ3v) is 3.36. The molecule has 0 saturated heterocycles. The van der Waals surface area contributed by atoms with E-state index in [1.165, 1.54) is 0 Å². The number of carbonyl (C=O) groups excluding carboxylic acids is 1. The molecule has 1 amide bonds. The molecule has 110 valence electrons. The molecule has 0 spiro atoms. The van der Waals surface area contributed by atoms with Gasteiger partial charge in [0, 0.05) is 22.3 Å². The van der Waals surface area contributed by atoms with Gasteiger partial charge in [-0.05, 0) is 52.9 Å². The fourth-order valence-corrected chi connectivity index (χ4v) is 1.93. The number of ether oxygens (including phenoxy) is 2. The van der Waals surface area contributed by atoms with Gasteiger partial charge < -0.3 is 14.8 Å². The molecule has 2 aromatic rings. The van der Waals surface area contributed by atoms with E-state index in [0.717, 1.165) is 3.57 Å². The van der Waals surface area contributed by atoms with Crippen molar-refractivity contribution in [2.75, 3.05) is 25.6 Å². The molecular formula is C15H15IN2O3. The molecule has 1 aromatic carbocycles. The fraction of sp³-hybridized carbons (Fsp3) is 0.200. The highest BCUT2D eigenvalue weighted by Crippen LogP contribution is 2.13. The molecule has 0 aliphatic carbocycles. The van der Waals surface area contributed by atoms with Crippen LogP contribution in [0.15, 0.2) is 42.6 Å². The molecule has 1 aromatic heterocycles. The highest BCUT2D eigenvalue weighted by atomic mass is 127. The number of benzene rings is 1. The number of hydrogen-bond acceptors (Lipinski definition) is 4. The number of anilines is 1. The van der Waals surface area contributed by atoms with Gasteiger partial charge in [-0.2, -0.15) is 0 Å². The topological polar surface area (TPSA) is 60.5 Å². The number of halogens is 1. The first-order chi connectivity index (χ1) is 10.2. The Labute approximate surface area is 136 Å². The molecule has 21 heavy (non-hydrogen) atoms. The Kier molecular flexibility index (Phi) is 5.94. The SMILES string of the molecule is COCCOc1ccc(NC(=O)c2ccc(I)cc2)cn1. The molecule has 0 atom stereocenters. The van der Waals surface area contributed by atoms with E-state index >= 15 is 0 Å². The second kappa shape index (κ2) is 7.94. The van der Waals surface area contributed by atoms with E-state index in [0.29, 0.717) is 30.3 Å². The third-order valence-electron chi connectivity index (χ3n) is 2.64. The van der Waals surface area contributed by atoms with Gasteiger partial charge >= 0.3 is 0 Å². The van der Waals surface area contributed by atoms with Crippen LogP contribution in [0.25, 0.3) is 0 Å². The van der Waals surface area contributed by atoms with E-state index < -0.39 is 0 Å². The van der Waals surface area contributed by atoms with Crippen molar-refractivity contribution in [1.82, 2.24) is 4.98 Å². The van der Waals surface area contributed by atoms with Crippen molar-refractivity contribution in [2.45, 2.75) is 0 Å². The van der Waals surface area contributed by atoms with Crippen LogP contribution in [0.3, 0.4) is 0 Å². The summed E-state index contributed by atoms with van der Waals surface area (Å²) >= 11 is 2.20. The van der Waals surface area contributed by atoms with E-state index in [2.05, 4.69) is 32.9 Å². The summed E-state index contributed by atoms with van der Waals surface area (Å²) in [5.41, 5.74) is 1.23. The lowest BCUT2D eigenvalue weighted by Crippen LogP contribution is -2.12. The van der Waals surface area contributed by atoms with E-state index in [1.807, 2.05) is 12.1 Å². The van der Waals surface area contributed by atoms with Crippen LogP contribution in [0.1, 0.15) is 10.4 Å². The number of carbonyl (C=O) groups is 1. The second-order valence-corrected chi connectivity index (χ2v) is 5.43. The predicted molar refractivity (Wildman–Crippen MR) is 88.7 cm³/mol. The summed E-state index contributed by atoms with van der Waals surface area (Å²) in [4.78, 5) is 16.1. The van der Waals surface area contributed by atoms with Gasteiger partial charge in [0.15, 0.2) is 0 Å². The van der Waals surface area contributed by atoms with Gasteiger partial charge in [0.2, 0.25) is 5.88 Å². The number of hydrogen-bond donors (Lipinski definition) is 1. The zero-order valence-electron chi connectivity index (χ0n) is 11.5. The van der Waals surface area contributed by atoms with Gasteiger partial charge in [0.1, 0.15) is 6.61 Å². The molecule has 0 radical (unpaired) electrons. The summed E-state index contributed by atoms with van der Waals surface area (Å²) < 4.78 is 11.3. The van der Waals surface area contributed by atoms with Crippen LogP contribution in [-0.2, 0) is 4.74 Å². The minimum atomic E-state index is -0.166. The van der Waals surface area contributed by atoms with Crippen molar-refractivity contribution in [3.8, 4) is 5.88 Å². The molecule has 0 fully saturated rings. The Morgan fingerprint density at radius 3 is 2.57 bits per heavy atom. The van der Waals surface area contributed by atoms with Crippen molar-refractivity contribution in [3.63, 3.8) is 0 Å². The van der Waals surface area contributed by atoms with E-state index in [4.69, 9.17) is 9.47 Å². The molecule has 0 bridgehead atoms. The smallest absolute Gasteiger partial charge is 0.255 e. The Morgan fingerprint density at radius 2 is 1.95 bits per heavy atom. The van der Waals surface area contributed by atoms with Crippen LogP contribution in [0.5, 0.6) is 5.88 Å². The first-order valence-corrected chi connectivity index (χ1v) is 7.41. The van der Waals surface area contributed by atoms with Crippen LogP contribution in [0.2, 0.25) is 0 Å².